The van der Waals surface area contributed by atoms with Crippen LogP contribution in [-0.4, -0.2) is 23.0 Å². The molecule has 30 heavy (non-hydrogen) atoms. The molecule has 1 fully saturated rings. The second-order valence-electron chi connectivity index (χ2n) is 7.03. The van der Waals surface area contributed by atoms with Crippen LogP contribution in [0, 0.1) is 6.92 Å². The van der Waals surface area contributed by atoms with Crippen molar-refractivity contribution in [3.8, 4) is 0 Å². The molecule has 3 amide bonds. The van der Waals surface area contributed by atoms with Crippen LogP contribution in [0.15, 0.2) is 83.8 Å². The Bertz CT molecular complexity index is 1100. The summed E-state index contributed by atoms with van der Waals surface area (Å²) in [6.07, 6.45) is 0.103. The smallest absolute Gasteiger partial charge is 0.256 e. The number of nitrogens with zero attached hydrogens (tertiary/aromatic N) is 1. The molecule has 6 heteroatoms. The van der Waals surface area contributed by atoms with Gasteiger partial charge in [-0.3, -0.25) is 14.4 Å². The fourth-order valence-electron chi connectivity index (χ4n) is 3.29. The normalized spacial score (nSPS) is 16.0. The van der Waals surface area contributed by atoms with E-state index in [-0.39, 0.29) is 24.1 Å². The summed E-state index contributed by atoms with van der Waals surface area (Å²) in [4.78, 5) is 40.2. The van der Waals surface area contributed by atoms with Gasteiger partial charge in [0.25, 0.3) is 5.91 Å². The fraction of sp³-hybridized carbons (Fsp3) is 0.125. The molecule has 3 aromatic rings. The zero-order valence-electron chi connectivity index (χ0n) is 16.4. The lowest BCUT2D eigenvalue weighted by molar-refractivity contribution is -0.121. The molecule has 0 saturated carbocycles. The Balaban J connectivity index is 1.53. The summed E-state index contributed by atoms with van der Waals surface area (Å²) >= 11 is 1.26. The minimum atomic E-state index is -0.565. The zero-order valence-corrected chi connectivity index (χ0v) is 17.2. The van der Waals surface area contributed by atoms with E-state index in [1.807, 2.05) is 55.5 Å². The average molecular weight is 417 g/mol. The van der Waals surface area contributed by atoms with Crippen molar-refractivity contribution in [2.24, 2.45) is 0 Å². The largest absolute Gasteiger partial charge is 0.322 e. The summed E-state index contributed by atoms with van der Waals surface area (Å²) in [7, 11) is 0. The molecule has 1 saturated heterocycles. The second kappa shape index (κ2) is 8.55. The Hall–Kier alpha value is -3.38. The third-order valence-corrected chi connectivity index (χ3v) is 6.09. The van der Waals surface area contributed by atoms with Crippen LogP contribution in [0.3, 0.4) is 0 Å². The minimum absolute atomic E-state index is 0.103. The van der Waals surface area contributed by atoms with Crippen molar-refractivity contribution in [3.63, 3.8) is 0 Å². The summed E-state index contributed by atoms with van der Waals surface area (Å²) in [5, 5.41) is 2.30. The predicted molar refractivity (Wildman–Crippen MR) is 119 cm³/mol. The summed E-state index contributed by atoms with van der Waals surface area (Å²) in [6, 6.07) is 23.6. The molecular weight excluding hydrogens is 396 g/mol. The first-order chi connectivity index (χ1) is 14.5. The number of amides is 3. The minimum Gasteiger partial charge on any atom is -0.322 e. The molecule has 0 spiro atoms. The van der Waals surface area contributed by atoms with Crippen LogP contribution in [0.2, 0.25) is 0 Å². The highest BCUT2D eigenvalue weighted by molar-refractivity contribution is 8.00. The number of benzene rings is 3. The van der Waals surface area contributed by atoms with Crippen molar-refractivity contribution in [2.75, 3.05) is 10.2 Å². The maximum absolute atomic E-state index is 13.0. The van der Waals surface area contributed by atoms with E-state index in [0.29, 0.717) is 21.8 Å². The molecular formula is C24H20N2O3S. The molecule has 1 heterocycles. The number of rotatable bonds is 5. The summed E-state index contributed by atoms with van der Waals surface area (Å²) in [5.74, 6) is -0.740. The van der Waals surface area contributed by atoms with Gasteiger partial charge in [0.2, 0.25) is 11.8 Å². The van der Waals surface area contributed by atoms with Crippen molar-refractivity contribution >= 4 is 40.9 Å². The molecule has 1 N–H and O–H groups in total. The van der Waals surface area contributed by atoms with E-state index in [1.54, 1.807) is 30.3 Å². The third-order valence-electron chi connectivity index (χ3n) is 4.83. The standard InChI is InChI=1S/C24H20N2O3S/c1-16-11-13-18(14-12-16)26-22(27)15-21(24(26)29)30-20-10-6-5-9-19(20)23(28)25-17-7-3-2-4-8-17/h2-14,21H,15H2,1H3,(H,25,28)/t21-/m0/s1. The van der Waals surface area contributed by atoms with Gasteiger partial charge in [-0.2, -0.15) is 0 Å². The lowest BCUT2D eigenvalue weighted by Crippen LogP contribution is -2.31. The fourth-order valence-corrected chi connectivity index (χ4v) is 4.47. The van der Waals surface area contributed by atoms with E-state index >= 15 is 0 Å². The first-order valence-electron chi connectivity index (χ1n) is 9.58. The van der Waals surface area contributed by atoms with E-state index < -0.39 is 5.25 Å². The summed E-state index contributed by atoms with van der Waals surface area (Å²) < 4.78 is 0. The lowest BCUT2D eigenvalue weighted by atomic mass is 10.2. The maximum Gasteiger partial charge on any atom is 0.256 e. The van der Waals surface area contributed by atoms with Crippen LogP contribution < -0.4 is 10.2 Å². The topological polar surface area (TPSA) is 66.5 Å². The monoisotopic (exact) mass is 416 g/mol. The number of carbonyl (C=O) groups is 3. The van der Waals surface area contributed by atoms with Gasteiger partial charge in [0.05, 0.1) is 16.5 Å². The predicted octanol–water partition coefficient (Wildman–Crippen LogP) is 4.67. The molecule has 0 bridgehead atoms. The van der Waals surface area contributed by atoms with Crippen molar-refractivity contribution in [2.45, 2.75) is 23.5 Å². The number of para-hydroxylation sites is 1. The highest BCUT2D eigenvalue weighted by atomic mass is 32.2. The molecule has 0 aliphatic carbocycles. The number of carbonyl (C=O) groups excluding carboxylic acids is 3. The molecule has 150 valence electrons. The van der Waals surface area contributed by atoms with Crippen molar-refractivity contribution in [1.82, 2.24) is 0 Å². The van der Waals surface area contributed by atoms with Crippen molar-refractivity contribution in [3.05, 3.63) is 90.0 Å². The molecule has 0 radical (unpaired) electrons. The number of anilines is 2. The van der Waals surface area contributed by atoms with Gasteiger partial charge >= 0.3 is 0 Å². The number of hydrogen-bond acceptors (Lipinski definition) is 4. The van der Waals surface area contributed by atoms with Crippen LogP contribution in [0.25, 0.3) is 0 Å². The molecule has 3 aromatic carbocycles. The molecule has 4 rings (SSSR count). The first-order valence-corrected chi connectivity index (χ1v) is 10.5. The Morgan fingerprint density at radius 2 is 1.60 bits per heavy atom. The van der Waals surface area contributed by atoms with Gasteiger partial charge in [-0.05, 0) is 43.3 Å². The second-order valence-corrected chi connectivity index (χ2v) is 8.27. The highest BCUT2D eigenvalue weighted by Gasteiger charge is 2.40. The molecule has 0 unspecified atom stereocenters. The summed E-state index contributed by atoms with van der Waals surface area (Å²) in [5.41, 5.74) is 2.80. The SMILES string of the molecule is Cc1ccc(N2C(=O)C[C@H](Sc3ccccc3C(=O)Nc3ccccc3)C2=O)cc1. The van der Waals surface area contributed by atoms with Crippen LogP contribution in [0.5, 0.6) is 0 Å². The maximum atomic E-state index is 13.0. The number of nitrogens with one attached hydrogen (secondary N) is 1. The van der Waals surface area contributed by atoms with Gasteiger partial charge in [0.15, 0.2) is 0 Å². The molecule has 0 aromatic heterocycles. The molecule has 1 aliphatic heterocycles. The van der Waals surface area contributed by atoms with Crippen LogP contribution in [0.1, 0.15) is 22.3 Å². The van der Waals surface area contributed by atoms with Gasteiger partial charge in [0.1, 0.15) is 0 Å². The van der Waals surface area contributed by atoms with E-state index in [9.17, 15) is 14.4 Å². The highest BCUT2D eigenvalue weighted by Crippen LogP contribution is 2.35. The van der Waals surface area contributed by atoms with Crippen molar-refractivity contribution < 1.29 is 14.4 Å². The van der Waals surface area contributed by atoms with Crippen LogP contribution in [-0.2, 0) is 9.59 Å². The Kier molecular flexibility index (Phi) is 5.68. The van der Waals surface area contributed by atoms with Gasteiger partial charge < -0.3 is 5.32 Å². The number of imide groups is 1. The number of hydrogen-bond donors (Lipinski definition) is 1. The Morgan fingerprint density at radius 3 is 2.33 bits per heavy atom. The van der Waals surface area contributed by atoms with E-state index in [1.165, 1.54) is 16.7 Å². The van der Waals surface area contributed by atoms with Gasteiger partial charge in [0, 0.05) is 17.0 Å². The number of aryl methyl sites for hydroxylation is 1. The first kappa shape index (κ1) is 19.9. The summed E-state index contributed by atoms with van der Waals surface area (Å²) in [6.45, 7) is 1.95. The third kappa shape index (κ3) is 4.14. The van der Waals surface area contributed by atoms with Crippen molar-refractivity contribution in [1.29, 1.82) is 0 Å². The van der Waals surface area contributed by atoms with Gasteiger partial charge in [-0.15, -0.1) is 11.8 Å². The van der Waals surface area contributed by atoms with Gasteiger partial charge in [-0.25, -0.2) is 4.90 Å². The molecule has 1 atom stereocenters. The Morgan fingerprint density at radius 1 is 0.933 bits per heavy atom. The van der Waals surface area contributed by atoms with E-state index in [0.717, 1.165) is 5.56 Å². The van der Waals surface area contributed by atoms with Gasteiger partial charge in [-0.1, -0.05) is 48.0 Å². The Labute approximate surface area is 179 Å². The zero-order chi connectivity index (χ0) is 21.1. The van der Waals surface area contributed by atoms with Crippen LogP contribution >= 0.6 is 11.8 Å². The molecule has 1 aliphatic rings. The van der Waals surface area contributed by atoms with E-state index in [4.69, 9.17) is 0 Å². The lowest BCUT2D eigenvalue weighted by Gasteiger charge is -2.16. The number of thioether (sulfide) groups is 1. The van der Waals surface area contributed by atoms with Crippen LogP contribution in [0.4, 0.5) is 11.4 Å². The van der Waals surface area contributed by atoms with E-state index in [2.05, 4.69) is 5.32 Å². The average Bonchev–Trinajstić information content (AvgIpc) is 3.03. The molecule has 5 nitrogen and oxygen atoms in total. The quantitative estimate of drug-likeness (QED) is 0.614.